The number of piperidine rings is 1. The van der Waals surface area contributed by atoms with Gasteiger partial charge in [0.1, 0.15) is 25.0 Å². The van der Waals surface area contributed by atoms with Gasteiger partial charge in [0.05, 0.1) is 12.1 Å². The van der Waals surface area contributed by atoms with Gasteiger partial charge in [-0.15, -0.1) is 0 Å². The molecule has 1 heterocycles. The SMILES string of the molecule is Cc1ccccc1OC[C@@H](O)C[NH+]1[C@@H](C)CCC[C@@H]1C. The third kappa shape index (κ3) is 3.97. The van der Waals surface area contributed by atoms with E-state index in [1.165, 1.54) is 24.2 Å². The van der Waals surface area contributed by atoms with Crippen molar-refractivity contribution in [3.63, 3.8) is 0 Å². The largest absolute Gasteiger partial charge is 0.490 e. The maximum absolute atomic E-state index is 10.2. The van der Waals surface area contributed by atoms with E-state index in [4.69, 9.17) is 4.74 Å². The molecular weight excluding hydrogens is 250 g/mol. The number of likely N-dealkylation sites (tertiary alicyclic amines) is 1. The molecule has 0 unspecified atom stereocenters. The first-order chi connectivity index (χ1) is 9.58. The van der Waals surface area contributed by atoms with Gasteiger partial charge in [0.25, 0.3) is 0 Å². The van der Waals surface area contributed by atoms with Crippen LogP contribution < -0.4 is 9.64 Å². The average molecular weight is 278 g/mol. The summed E-state index contributed by atoms with van der Waals surface area (Å²) in [5.41, 5.74) is 1.12. The van der Waals surface area contributed by atoms with Crippen molar-refractivity contribution in [2.45, 2.75) is 58.2 Å². The summed E-state index contributed by atoms with van der Waals surface area (Å²) in [6, 6.07) is 9.25. The van der Waals surface area contributed by atoms with Gasteiger partial charge in [0, 0.05) is 0 Å². The predicted molar refractivity (Wildman–Crippen MR) is 81.3 cm³/mol. The minimum absolute atomic E-state index is 0.383. The fraction of sp³-hybridized carbons (Fsp3) is 0.647. The highest BCUT2D eigenvalue weighted by Gasteiger charge is 2.30. The molecule has 2 N–H and O–H groups in total. The molecule has 0 amide bonds. The van der Waals surface area contributed by atoms with E-state index in [-0.39, 0.29) is 0 Å². The highest BCUT2D eigenvalue weighted by Crippen LogP contribution is 2.16. The Morgan fingerprint density at radius 3 is 2.55 bits per heavy atom. The molecule has 1 aromatic carbocycles. The van der Waals surface area contributed by atoms with Crippen molar-refractivity contribution >= 4 is 0 Å². The maximum Gasteiger partial charge on any atom is 0.137 e. The second-order valence-electron chi connectivity index (χ2n) is 6.24. The second kappa shape index (κ2) is 7.09. The van der Waals surface area contributed by atoms with E-state index in [1.54, 1.807) is 0 Å². The van der Waals surface area contributed by atoms with Gasteiger partial charge < -0.3 is 14.7 Å². The topological polar surface area (TPSA) is 33.9 Å². The molecule has 0 radical (unpaired) electrons. The summed E-state index contributed by atoms with van der Waals surface area (Å²) in [4.78, 5) is 1.53. The van der Waals surface area contributed by atoms with E-state index >= 15 is 0 Å². The maximum atomic E-state index is 10.2. The Bertz CT molecular complexity index is 411. The number of quaternary nitrogens is 1. The van der Waals surface area contributed by atoms with Gasteiger partial charge in [-0.3, -0.25) is 0 Å². The molecule has 1 fully saturated rings. The number of aliphatic hydroxyl groups excluding tert-OH is 1. The van der Waals surface area contributed by atoms with Gasteiger partial charge in [0.15, 0.2) is 0 Å². The van der Waals surface area contributed by atoms with E-state index in [9.17, 15) is 5.11 Å². The molecule has 1 saturated heterocycles. The Labute approximate surface area is 122 Å². The Hall–Kier alpha value is -1.06. The number of aliphatic hydroxyl groups is 1. The average Bonchev–Trinajstić information content (AvgIpc) is 2.42. The van der Waals surface area contributed by atoms with Crippen LogP contribution in [0.1, 0.15) is 38.7 Å². The van der Waals surface area contributed by atoms with Gasteiger partial charge in [0.2, 0.25) is 0 Å². The van der Waals surface area contributed by atoms with Crippen LogP contribution in [0.5, 0.6) is 5.75 Å². The number of ether oxygens (including phenoxy) is 1. The van der Waals surface area contributed by atoms with Crippen LogP contribution >= 0.6 is 0 Å². The molecule has 1 aliphatic heterocycles. The van der Waals surface area contributed by atoms with Crippen molar-refractivity contribution in [2.75, 3.05) is 13.2 Å². The van der Waals surface area contributed by atoms with Gasteiger partial charge in [-0.05, 0) is 51.7 Å². The van der Waals surface area contributed by atoms with Crippen LogP contribution in [0.4, 0.5) is 0 Å². The number of para-hydroxylation sites is 1. The lowest BCUT2D eigenvalue weighted by Crippen LogP contribution is -3.20. The van der Waals surface area contributed by atoms with Gasteiger partial charge in [-0.2, -0.15) is 0 Å². The summed E-state index contributed by atoms with van der Waals surface area (Å²) in [6.45, 7) is 7.78. The smallest absolute Gasteiger partial charge is 0.137 e. The minimum atomic E-state index is -0.396. The predicted octanol–water partition coefficient (Wildman–Crippen LogP) is 1.58. The Morgan fingerprint density at radius 1 is 1.25 bits per heavy atom. The molecular formula is C17H28NO2+. The lowest BCUT2D eigenvalue weighted by atomic mass is 9.97. The molecule has 1 aliphatic rings. The quantitative estimate of drug-likeness (QED) is 0.857. The molecule has 0 saturated carbocycles. The summed E-state index contributed by atoms with van der Waals surface area (Å²) >= 11 is 0. The van der Waals surface area contributed by atoms with Crippen molar-refractivity contribution in [1.82, 2.24) is 0 Å². The number of rotatable bonds is 5. The third-order valence-electron chi connectivity index (χ3n) is 4.54. The van der Waals surface area contributed by atoms with Crippen molar-refractivity contribution in [1.29, 1.82) is 0 Å². The van der Waals surface area contributed by atoms with Crippen LogP contribution in [0.3, 0.4) is 0 Å². The Morgan fingerprint density at radius 2 is 1.90 bits per heavy atom. The van der Waals surface area contributed by atoms with Crippen LogP contribution in [0.25, 0.3) is 0 Å². The number of nitrogens with one attached hydrogen (secondary N) is 1. The molecule has 0 spiro atoms. The van der Waals surface area contributed by atoms with Crippen molar-refractivity contribution in [3.05, 3.63) is 29.8 Å². The molecule has 20 heavy (non-hydrogen) atoms. The fourth-order valence-electron chi connectivity index (χ4n) is 3.22. The molecule has 0 bridgehead atoms. The van der Waals surface area contributed by atoms with Crippen LogP contribution in [-0.4, -0.2) is 36.4 Å². The first-order valence-electron chi connectivity index (χ1n) is 7.80. The molecule has 1 aromatic rings. The van der Waals surface area contributed by atoms with Crippen LogP contribution in [-0.2, 0) is 0 Å². The van der Waals surface area contributed by atoms with E-state index in [2.05, 4.69) is 13.8 Å². The van der Waals surface area contributed by atoms with E-state index in [0.717, 1.165) is 17.9 Å². The highest BCUT2D eigenvalue weighted by atomic mass is 16.5. The van der Waals surface area contributed by atoms with Crippen molar-refractivity contribution < 1.29 is 14.7 Å². The van der Waals surface area contributed by atoms with Crippen molar-refractivity contribution in [2.24, 2.45) is 0 Å². The van der Waals surface area contributed by atoms with Gasteiger partial charge in [-0.25, -0.2) is 0 Å². The van der Waals surface area contributed by atoms with Crippen LogP contribution in [0, 0.1) is 6.92 Å². The highest BCUT2D eigenvalue weighted by molar-refractivity contribution is 5.31. The summed E-state index contributed by atoms with van der Waals surface area (Å²) in [5, 5.41) is 10.2. The Balaban J connectivity index is 1.83. The zero-order valence-electron chi connectivity index (χ0n) is 12.9. The third-order valence-corrected chi connectivity index (χ3v) is 4.54. The fourth-order valence-corrected chi connectivity index (χ4v) is 3.22. The Kier molecular flexibility index (Phi) is 5.44. The molecule has 112 valence electrons. The zero-order chi connectivity index (χ0) is 14.5. The molecule has 0 aromatic heterocycles. The normalized spacial score (nSPS) is 25.4. The van der Waals surface area contributed by atoms with Gasteiger partial charge in [-0.1, -0.05) is 18.2 Å². The standard InChI is InChI=1S/C17H27NO2/c1-13-7-4-5-10-17(13)20-12-16(19)11-18-14(2)8-6-9-15(18)3/h4-5,7,10,14-16,19H,6,8-9,11-12H2,1-3H3/p+1/t14-,15-,16-/m0/s1. The first-order valence-corrected chi connectivity index (χ1v) is 7.80. The van der Waals surface area contributed by atoms with Crippen LogP contribution in [0.15, 0.2) is 24.3 Å². The monoisotopic (exact) mass is 278 g/mol. The minimum Gasteiger partial charge on any atom is -0.490 e. The second-order valence-corrected chi connectivity index (χ2v) is 6.24. The lowest BCUT2D eigenvalue weighted by Gasteiger charge is -2.36. The zero-order valence-corrected chi connectivity index (χ0v) is 12.9. The van der Waals surface area contributed by atoms with Gasteiger partial charge >= 0.3 is 0 Å². The number of benzene rings is 1. The summed E-state index contributed by atoms with van der Waals surface area (Å²) in [7, 11) is 0. The van der Waals surface area contributed by atoms with E-state index in [0.29, 0.717) is 18.7 Å². The van der Waals surface area contributed by atoms with Crippen molar-refractivity contribution in [3.8, 4) is 5.75 Å². The summed E-state index contributed by atoms with van der Waals surface area (Å²) in [5.74, 6) is 0.876. The molecule has 3 nitrogen and oxygen atoms in total. The molecule has 3 heteroatoms. The van der Waals surface area contributed by atoms with Crippen LogP contribution in [0.2, 0.25) is 0 Å². The first kappa shape index (κ1) is 15.3. The molecule has 2 rings (SSSR count). The number of hydrogen-bond donors (Lipinski definition) is 2. The summed E-state index contributed by atoms with van der Waals surface area (Å²) < 4.78 is 5.75. The number of hydrogen-bond acceptors (Lipinski definition) is 2. The van der Waals surface area contributed by atoms with E-state index in [1.807, 2.05) is 31.2 Å². The van der Waals surface area contributed by atoms with E-state index < -0.39 is 6.10 Å². The lowest BCUT2D eigenvalue weighted by molar-refractivity contribution is -0.954. The molecule has 3 atom stereocenters. The number of aryl methyl sites for hydroxylation is 1. The summed E-state index contributed by atoms with van der Waals surface area (Å²) in [6.07, 6.45) is 3.46. The molecule has 0 aliphatic carbocycles.